The first kappa shape index (κ1) is 24.2. The minimum atomic E-state index is -4.36. The number of alkyl halides is 3. The molecule has 4 rings (SSSR count). The zero-order valence-corrected chi connectivity index (χ0v) is 18.8. The highest BCUT2D eigenvalue weighted by Gasteiger charge is 2.37. The highest BCUT2D eigenvalue weighted by Crippen LogP contribution is 2.33. The van der Waals surface area contributed by atoms with Crippen LogP contribution in [0.1, 0.15) is 46.3 Å². The normalized spacial score (nSPS) is 21.6. The Bertz CT molecular complexity index is 1070. The van der Waals surface area contributed by atoms with Crippen LogP contribution in [-0.2, 0) is 22.5 Å². The summed E-state index contributed by atoms with van der Waals surface area (Å²) in [4.78, 5) is 31.0. The second-order valence-electron chi connectivity index (χ2n) is 9.04. The van der Waals surface area contributed by atoms with Gasteiger partial charge in [-0.2, -0.15) is 13.2 Å². The van der Waals surface area contributed by atoms with E-state index >= 15 is 0 Å². The second-order valence-corrected chi connectivity index (χ2v) is 9.04. The molecule has 1 fully saturated rings. The molecule has 3 heterocycles. The van der Waals surface area contributed by atoms with Crippen molar-refractivity contribution in [3.05, 3.63) is 58.9 Å². The molecule has 182 valence electrons. The topological polar surface area (TPSA) is 97.5 Å². The predicted molar refractivity (Wildman–Crippen MR) is 119 cm³/mol. The van der Waals surface area contributed by atoms with E-state index in [2.05, 4.69) is 22.1 Å². The maximum atomic E-state index is 12.8. The quantitative estimate of drug-likeness (QED) is 0.667. The van der Waals surface area contributed by atoms with Gasteiger partial charge in [-0.3, -0.25) is 19.5 Å². The SMILES string of the molecule is C[C@H]1CN(C(C(N)=O)C2CCOC2)Cc2cc(C(=O)Nc3cncc(CC(F)(F)F)c3)ccc21. The van der Waals surface area contributed by atoms with Gasteiger partial charge in [0.15, 0.2) is 0 Å². The highest BCUT2D eigenvalue weighted by molar-refractivity contribution is 6.04. The van der Waals surface area contributed by atoms with E-state index in [1.165, 1.54) is 12.3 Å². The molecule has 0 radical (unpaired) electrons. The molecule has 0 aliphatic carbocycles. The van der Waals surface area contributed by atoms with E-state index in [1.54, 1.807) is 12.1 Å². The molecule has 3 N–H and O–H groups in total. The molecule has 1 aromatic heterocycles. The zero-order chi connectivity index (χ0) is 24.5. The molecule has 2 aliphatic rings. The van der Waals surface area contributed by atoms with Crippen LogP contribution in [0.5, 0.6) is 0 Å². The molecular formula is C24H27F3N4O3. The van der Waals surface area contributed by atoms with Gasteiger partial charge in [0.1, 0.15) is 0 Å². The third kappa shape index (κ3) is 5.56. The molecule has 7 nitrogen and oxygen atoms in total. The van der Waals surface area contributed by atoms with Gasteiger partial charge in [-0.15, -0.1) is 0 Å². The van der Waals surface area contributed by atoms with E-state index in [4.69, 9.17) is 10.5 Å². The Hall–Kier alpha value is -2.98. The van der Waals surface area contributed by atoms with Crippen LogP contribution in [0.25, 0.3) is 0 Å². The number of nitrogens with one attached hydrogen (secondary N) is 1. The van der Waals surface area contributed by atoms with E-state index in [-0.39, 0.29) is 29.0 Å². The fourth-order valence-electron chi connectivity index (χ4n) is 4.91. The van der Waals surface area contributed by atoms with Crippen molar-refractivity contribution in [2.45, 2.75) is 44.4 Å². The first-order valence-corrected chi connectivity index (χ1v) is 11.2. The minimum Gasteiger partial charge on any atom is -0.381 e. The fourth-order valence-corrected chi connectivity index (χ4v) is 4.91. The molecule has 2 unspecified atom stereocenters. The van der Waals surface area contributed by atoms with Crippen molar-refractivity contribution in [2.24, 2.45) is 11.7 Å². The number of nitrogens with zero attached hydrogens (tertiary/aromatic N) is 2. The number of pyridine rings is 1. The Morgan fingerprint density at radius 2 is 2.09 bits per heavy atom. The summed E-state index contributed by atoms with van der Waals surface area (Å²) in [7, 11) is 0. The van der Waals surface area contributed by atoms with Crippen molar-refractivity contribution in [1.29, 1.82) is 0 Å². The maximum absolute atomic E-state index is 12.8. The van der Waals surface area contributed by atoms with Crippen LogP contribution >= 0.6 is 0 Å². The number of amides is 2. The molecule has 2 aliphatic heterocycles. The molecule has 3 atom stereocenters. The molecule has 0 bridgehead atoms. The van der Waals surface area contributed by atoms with Gasteiger partial charge in [0, 0.05) is 37.4 Å². The second kappa shape index (κ2) is 9.71. The lowest BCUT2D eigenvalue weighted by Gasteiger charge is -2.39. The smallest absolute Gasteiger partial charge is 0.381 e. The van der Waals surface area contributed by atoms with E-state index < -0.39 is 24.5 Å². The minimum absolute atomic E-state index is 0.0337. The number of carbonyl (C=O) groups excluding carboxylic acids is 2. The summed E-state index contributed by atoms with van der Waals surface area (Å²) in [6, 6.07) is 6.18. The van der Waals surface area contributed by atoms with E-state index in [1.807, 2.05) is 6.07 Å². The Morgan fingerprint density at radius 3 is 2.76 bits per heavy atom. The van der Waals surface area contributed by atoms with Gasteiger partial charge in [0.2, 0.25) is 5.91 Å². The summed E-state index contributed by atoms with van der Waals surface area (Å²) in [5.74, 6) is -0.664. The van der Waals surface area contributed by atoms with Gasteiger partial charge in [0.05, 0.1) is 31.0 Å². The molecule has 1 saturated heterocycles. The van der Waals surface area contributed by atoms with Crippen LogP contribution in [0.2, 0.25) is 0 Å². The number of hydrogen-bond donors (Lipinski definition) is 2. The van der Waals surface area contributed by atoms with Crippen molar-refractivity contribution in [1.82, 2.24) is 9.88 Å². The summed E-state index contributed by atoms with van der Waals surface area (Å²) in [6.07, 6.45) is -2.28. The molecule has 2 aromatic rings. The van der Waals surface area contributed by atoms with Crippen molar-refractivity contribution in [3.63, 3.8) is 0 Å². The lowest BCUT2D eigenvalue weighted by molar-refractivity contribution is -0.127. The number of benzene rings is 1. The summed E-state index contributed by atoms with van der Waals surface area (Å²) >= 11 is 0. The number of rotatable bonds is 6. The van der Waals surface area contributed by atoms with Gasteiger partial charge in [-0.05, 0) is 47.2 Å². The molecular weight excluding hydrogens is 449 g/mol. The number of ether oxygens (including phenoxy) is 1. The van der Waals surface area contributed by atoms with Crippen LogP contribution in [0, 0.1) is 5.92 Å². The monoisotopic (exact) mass is 476 g/mol. The number of nitrogens with two attached hydrogens (primary N) is 1. The number of fused-ring (bicyclic) bond motifs is 1. The Kier molecular flexibility index (Phi) is 6.90. The van der Waals surface area contributed by atoms with Crippen molar-refractivity contribution < 1.29 is 27.5 Å². The zero-order valence-electron chi connectivity index (χ0n) is 18.8. The Labute approximate surface area is 195 Å². The van der Waals surface area contributed by atoms with Crippen LogP contribution in [-0.4, -0.2) is 53.7 Å². The third-order valence-corrected chi connectivity index (χ3v) is 6.37. The van der Waals surface area contributed by atoms with Crippen molar-refractivity contribution in [2.75, 3.05) is 25.1 Å². The van der Waals surface area contributed by atoms with Gasteiger partial charge in [-0.1, -0.05) is 13.0 Å². The van der Waals surface area contributed by atoms with E-state index in [0.29, 0.717) is 31.9 Å². The van der Waals surface area contributed by atoms with E-state index in [0.717, 1.165) is 23.7 Å². The molecule has 0 saturated carbocycles. The third-order valence-electron chi connectivity index (χ3n) is 6.37. The number of hydrogen-bond acceptors (Lipinski definition) is 5. The predicted octanol–water partition coefficient (Wildman–Crippen LogP) is 3.25. The van der Waals surface area contributed by atoms with Crippen LogP contribution in [0.15, 0.2) is 36.7 Å². The largest absolute Gasteiger partial charge is 0.393 e. The molecule has 34 heavy (non-hydrogen) atoms. The average molecular weight is 476 g/mol. The van der Waals surface area contributed by atoms with Crippen LogP contribution in [0.4, 0.5) is 18.9 Å². The lowest BCUT2D eigenvalue weighted by Crippen LogP contribution is -2.51. The van der Waals surface area contributed by atoms with Crippen LogP contribution < -0.4 is 11.1 Å². The summed E-state index contributed by atoms with van der Waals surface area (Å²) in [5.41, 5.74) is 8.28. The molecule has 1 aromatic carbocycles. The number of primary amides is 1. The molecule has 0 spiro atoms. The number of anilines is 1. The summed E-state index contributed by atoms with van der Waals surface area (Å²) in [5, 5.41) is 2.63. The van der Waals surface area contributed by atoms with E-state index in [9.17, 15) is 22.8 Å². The molecule has 10 heteroatoms. The first-order valence-electron chi connectivity index (χ1n) is 11.2. The average Bonchev–Trinajstić information content (AvgIpc) is 3.26. The number of carbonyl (C=O) groups is 2. The fraction of sp³-hybridized carbons (Fsp3) is 0.458. The van der Waals surface area contributed by atoms with Gasteiger partial charge in [0.25, 0.3) is 5.91 Å². The number of aromatic nitrogens is 1. The highest BCUT2D eigenvalue weighted by atomic mass is 19.4. The van der Waals surface area contributed by atoms with Crippen LogP contribution in [0.3, 0.4) is 0 Å². The Balaban J connectivity index is 1.52. The summed E-state index contributed by atoms with van der Waals surface area (Å²) < 4.78 is 43.5. The molecule has 2 amide bonds. The first-order chi connectivity index (χ1) is 16.1. The van der Waals surface area contributed by atoms with Crippen molar-refractivity contribution >= 4 is 17.5 Å². The van der Waals surface area contributed by atoms with Crippen molar-refractivity contribution in [3.8, 4) is 0 Å². The number of halogens is 3. The summed E-state index contributed by atoms with van der Waals surface area (Å²) in [6.45, 7) is 4.30. The Morgan fingerprint density at radius 1 is 1.29 bits per heavy atom. The standard InChI is InChI=1S/C24H27F3N4O3/c1-14-11-31(21(22(28)32)17-4-5-34-13-17)12-18-7-16(2-3-20(14)18)23(33)30-19-6-15(9-29-10-19)8-24(25,26)27/h2-3,6-7,9-10,14,17,21H,4-5,8,11-13H2,1H3,(H2,28,32)(H,30,33)/t14-,17?,21?/m0/s1. The van der Waals surface area contributed by atoms with Gasteiger partial charge < -0.3 is 15.8 Å². The maximum Gasteiger partial charge on any atom is 0.393 e. The lowest BCUT2D eigenvalue weighted by atomic mass is 9.86. The van der Waals surface area contributed by atoms with Gasteiger partial charge in [-0.25, -0.2) is 0 Å². The van der Waals surface area contributed by atoms with Gasteiger partial charge >= 0.3 is 6.18 Å².